The highest BCUT2D eigenvalue weighted by molar-refractivity contribution is 5.98. The smallest absolute Gasteiger partial charge is 0.265 e. The van der Waals surface area contributed by atoms with Crippen molar-refractivity contribution in [1.29, 1.82) is 0 Å². The van der Waals surface area contributed by atoms with Crippen LogP contribution in [-0.4, -0.2) is 34.5 Å². The molecule has 7 heteroatoms. The summed E-state index contributed by atoms with van der Waals surface area (Å²) >= 11 is 0. The highest BCUT2D eigenvalue weighted by atomic mass is 16.5. The second kappa shape index (κ2) is 7.96. The molecule has 3 aromatic rings. The summed E-state index contributed by atoms with van der Waals surface area (Å²) in [7, 11) is 0. The Balaban J connectivity index is 1.30. The van der Waals surface area contributed by atoms with E-state index in [-0.39, 0.29) is 24.8 Å². The Morgan fingerprint density at radius 1 is 1.14 bits per heavy atom. The van der Waals surface area contributed by atoms with Gasteiger partial charge in [-0.05, 0) is 29.8 Å². The molecule has 4 rings (SSSR count). The average molecular weight is 376 g/mol. The van der Waals surface area contributed by atoms with E-state index < -0.39 is 0 Å². The molecule has 0 saturated carbocycles. The van der Waals surface area contributed by atoms with Gasteiger partial charge in [-0.15, -0.1) is 0 Å². The lowest BCUT2D eigenvalue weighted by molar-refractivity contribution is -0.122. The number of nitrogens with zero attached hydrogens (tertiary/aromatic N) is 3. The zero-order valence-electron chi connectivity index (χ0n) is 15.2. The van der Waals surface area contributed by atoms with E-state index in [2.05, 4.69) is 10.3 Å². The first-order chi connectivity index (χ1) is 13.7. The zero-order valence-corrected chi connectivity index (χ0v) is 15.2. The Morgan fingerprint density at radius 3 is 2.75 bits per heavy atom. The summed E-state index contributed by atoms with van der Waals surface area (Å²) in [6, 6.07) is 15.3. The van der Waals surface area contributed by atoms with Gasteiger partial charge in [-0.1, -0.05) is 24.3 Å². The minimum atomic E-state index is -0.137. The molecular formula is C21H20N4O3. The summed E-state index contributed by atoms with van der Waals surface area (Å²) < 4.78 is 7.33. The normalized spacial score (nSPS) is 13.0. The maximum atomic E-state index is 12.2. The van der Waals surface area contributed by atoms with Crippen molar-refractivity contribution in [3.05, 3.63) is 72.8 Å². The van der Waals surface area contributed by atoms with Crippen LogP contribution >= 0.6 is 0 Å². The van der Waals surface area contributed by atoms with Gasteiger partial charge in [0.25, 0.3) is 5.91 Å². The van der Waals surface area contributed by atoms with Gasteiger partial charge < -0.3 is 19.5 Å². The number of nitrogens with one attached hydrogen (secondary N) is 1. The minimum absolute atomic E-state index is 0.00188. The Hall–Kier alpha value is -3.61. The predicted octanol–water partition coefficient (Wildman–Crippen LogP) is 2.30. The molecule has 2 amide bonds. The third kappa shape index (κ3) is 3.88. The summed E-state index contributed by atoms with van der Waals surface area (Å²) in [5.41, 5.74) is 2.73. The van der Waals surface area contributed by atoms with Crippen LogP contribution in [-0.2, 0) is 16.1 Å². The fourth-order valence-electron chi connectivity index (χ4n) is 3.10. The molecule has 0 fully saturated rings. The number of anilines is 1. The SMILES string of the molecule is O=C(CCN1C(=O)COc2ccccc21)NCc1ccc(-n2ccnc2)cc1. The molecule has 142 valence electrons. The van der Waals surface area contributed by atoms with Crippen molar-refractivity contribution in [2.45, 2.75) is 13.0 Å². The molecule has 0 spiro atoms. The Morgan fingerprint density at radius 2 is 1.96 bits per heavy atom. The number of imidazole rings is 1. The van der Waals surface area contributed by atoms with Crippen LogP contribution in [0.25, 0.3) is 5.69 Å². The monoisotopic (exact) mass is 376 g/mol. The summed E-state index contributed by atoms with van der Waals surface area (Å²) in [6.45, 7) is 0.767. The largest absolute Gasteiger partial charge is 0.482 e. The van der Waals surface area contributed by atoms with Gasteiger partial charge >= 0.3 is 0 Å². The van der Waals surface area contributed by atoms with Crippen molar-refractivity contribution in [3.8, 4) is 11.4 Å². The molecule has 0 aliphatic carbocycles. The molecule has 0 atom stereocenters. The van der Waals surface area contributed by atoms with Gasteiger partial charge in [0, 0.05) is 37.6 Å². The molecule has 1 aliphatic heterocycles. The third-order valence-electron chi connectivity index (χ3n) is 4.60. The molecule has 28 heavy (non-hydrogen) atoms. The third-order valence-corrected chi connectivity index (χ3v) is 4.60. The first kappa shape index (κ1) is 17.8. The number of fused-ring (bicyclic) bond motifs is 1. The second-order valence-electron chi connectivity index (χ2n) is 6.46. The van der Waals surface area contributed by atoms with E-state index in [1.807, 2.05) is 59.3 Å². The predicted molar refractivity (Wildman–Crippen MR) is 104 cm³/mol. The molecule has 0 saturated heterocycles. The lowest BCUT2D eigenvalue weighted by atomic mass is 10.2. The van der Waals surface area contributed by atoms with E-state index in [1.165, 1.54) is 0 Å². The van der Waals surface area contributed by atoms with E-state index >= 15 is 0 Å². The Bertz CT molecular complexity index is 968. The van der Waals surface area contributed by atoms with E-state index in [0.29, 0.717) is 24.5 Å². The summed E-state index contributed by atoms with van der Waals surface area (Å²) in [4.78, 5) is 30.0. The molecule has 7 nitrogen and oxygen atoms in total. The van der Waals surface area contributed by atoms with Crippen LogP contribution in [0.2, 0.25) is 0 Å². The number of benzene rings is 2. The van der Waals surface area contributed by atoms with Gasteiger partial charge in [-0.25, -0.2) is 4.98 Å². The highest BCUT2D eigenvalue weighted by Crippen LogP contribution is 2.31. The number of aromatic nitrogens is 2. The van der Waals surface area contributed by atoms with Crippen molar-refractivity contribution >= 4 is 17.5 Å². The van der Waals surface area contributed by atoms with Crippen molar-refractivity contribution in [1.82, 2.24) is 14.9 Å². The molecule has 1 N–H and O–H groups in total. The van der Waals surface area contributed by atoms with E-state index in [0.717, 1.165) is 11.3 Å². The van der Waals surface area contributed by atoms with Gasteiger partial charge in [0.1, 0.15) is 5.75 Å². The second-order valence-corrected chi connectivity index (χ2v) is 6.46. The van der Waals surface area contributed by atoms with Crippen molar-refractivity contribution in [2.24, 2.45) is 0 Å². The summed E-state index contributed by atoms with van der Waals surface area (Å²) in [5, 5.41) is 2.90. The van der Waals surface area contributed by atoms with E-state index in [9.17, 15) is 9.59 Å². The molecule has 1 aliphatic rings. The Labute approximate surface area is 162 Å². The summed E-state index contributed by atoms with van der Waals surface area (Å²) in [6.07, 6.45) is 5.57. The van der Waals surface area contributed by atoms with Gasteiger partial charge in [0.15, 0.2) is 6.61 Å². The van der Waals surface area contributed by atoms with Crippen LogP contribution in [0.3, 0.4) is 0 Å². The maximum Gasteiger partial charge on any atom is 0.265 e. The van der Waals surface area contributed by atoms with Crippen LogP contribution in [0.15, 0.2) is 67.3 Å². The topological polar surface area (TPSA) is 76.5 Å². The first-order valence-corrected chi connectivity index (χ1v) is 9.07. The molecule has 0 bridgehead atoms. The van der Waals surface area contributed by atoms with Crippen LogP contribution in [0.1, 0.15) is 12.0 Å². The molecule has 1 aromatic heterocycles. The highest BCUT2D eigenvalue weighted by Gasteiger charge is 2.25. The molecule has 2 aromatic carbocycles. The number of carbonyl (C=O) groups is 2. The number of rotatable bonds is 6. The standard InChI is InChI=1S/C21H20N4O3/c26-20(9-11-25-18-3-1-2-4-19(18)28-14-21(25)27)23-13-16-5-7-17(8-6-16)24-12-10-22-15-24/h1-8,10,12,15H,9,11,13-14H2,(H,23,26). The van der Waals surface area contributed by atoms with E-state index in [1.54, 1.807) is 17.4 Å². The summed E-state index contributed by atoms with van der Waals surface area (Å²) in [5.74, 6) is 0.428. The fourth-order valence-corrected chi connectivity index (χ4v) is 3.10. The van der Waals surface area contributed by atoms with Crippen molar-refractivity contribution < 1.29 is 14.3 Å². The molecule has 0 radical (unpaired) electrons. The number of carbonyl (C=O) groups excluding carboxylic acids is 2. The lowest BCUT2D eigenvalue weighted by Crippen LogP contribution is -2.41. The fraction of sp³-hybridized carbons (Fsp3) is 0.190. The molecular weight excluding hydrogens is 356 g/mol. The number of para-hydroxylation sites is 2. The Kier molecular flexibility index (Phi) is 5.05. The number of hydrogen-bond donors (Lipinski definition) is 1. The van der Waals surface area contributed by atoms with Crippen LogP contribution in [0, 0.1) is 0 Å². The van der Waals surface area contributed by atoms with E-state index in [4.69, 9.17) is 4.74 Å². The number of amides is 2. The number of ether oxygens (including phenoxy) is 1. The maximum absolute atomic E-state index is 12.2. The van der Waals surface area contributed by atoms with Gasteiger partial charge in [-0.3, -0.25) is 9.59 Å². The van der Waals surface area contributed by atoms with Gasteiger partial charge in [0.2, 0.25) is 5.91 Å². The van der Waals surface area contributed by atoms with Crippen LogP contribution in [0.4, 0.5) is 5.69 Å². The molecule has 2 heterocycles. The van der Waals surface area contributed by atoms with Crippen LogP contribution in [0.5, 0.6) is 5.75 Å². The molecule has 0 unspecified atom stereocenters. The van der Waals surface area contributed by atoms with Gasteiger partial charge in [0.05, 0.1) is 12.0 Å². The van der Waals surface area contributed by atoms with Gasteiger partial charge in [-0.2, -0.15) is 0 Å². The van der Waals surface area contributed by atoms with Crippen molar-refractivity contribution in [3.63, 3.8) is 0 Å². The zero-order chi connectivity index (χ0) is 19.3. The first-order valence-electron chi connectivity index (χ1n) is 9.07. The van der Waals surface area contributed by atoms with Crippen molar-refractivity contribution in [2.75, 3.05) is 18.1 Å². The number of hydrogen-bond acceptors (Lipinski definition) is 4. The minimum Gasteiger partial charge on any atom is -0.482 e. The van der Waals surface area contributed by atoms with Crippen LogP contribution < -0.4 is 15.0 Å². The quantitative estimate of drug-likeness (QED) is 0.716. The lowest BCUT2D eigenvalue weighted by Gasteiger charge is -2.29. The average Bonchev–Trinajstić information content (AvgIpc) is 3.27.